The van der Waals surface area contributed by atoms with Crippen LogP contribution >= 0.6 is 0 Å². The Bertz CT molecular complexity index is 1320. The number of aliphatic hydroxyl groups is 3. The average Bonchev–Trinajstić information content (AvgIpc) is 3.28. The number of ether oxygens (including phenoxy) is 4. The van der Waals surface area contributed by atoms with Crippen molar-refractivity contribution in [3.8, 4) is 0 Å². The molecule has 0 radical (unpaired) electrons. The van der Waals surface area contributed by atoms with Gasteiger partial charge in [-0.2, -0.15) is 8.42 Å². The lowest BCUT2D eigenvalue weighted by atomic mass is 9.99. The fourth-order valence-electron chi connectivity index (χ4n) is 7.73. The summed E-state index contributed by atoms with van der Waals surface area (Å²) in [5.41, 5.74) is 0. The van der Waals surface area contributed by atoms with Gasteiger partial charge in [0.2, 0.25) is 0 Å². The summed E-state index contributed by atoms with van der Waals surface area (Å²) >= 11 is 0. The maximum atomic E-state index is 12.9. The van der Waals surface area contributed by atoms with E-state index in [-0.39, 0.29) is 19.6 Å². The summed E-state index contributed by atoms with van der Waals surface area (Å²) in [6, 6.07) is 0. The molecule has 0 amide bonds. The average molecular weight is 943 g/mol. The molecule has 1 aliphatic heterocycles. The minimum atomic E-state index is -5.07. The van der Waals surface area contributed by atoms with Crippen molar-refractivity contribution >= 4 is 16.4 Å². The second kappa shape index (κ2) is 43.3. The highest BCUT2D eigenvalue weighted by molar-refractivity contribution is 7.80. The normalized spacial score (nSPS) is 20.0. The fraction of sp³-hybridized carbons (Fsp3) is 0.827. The minimum absolute atomic E-state index is 0.0283. The molecule has 0 aliphatic carbocycles. The summed E-state index contributed by atoms with van der Waals surface area (Å²) in [6.07, 6.45) is 44.2. The van der Waals surface area contributed by atoms with Crippen LogP contribution in [0.25, 0.3) is 0 Å². The molecule has 1 rings (SSSR count). The first kappa shape index (κ1) is 61.1. The molecular formula is C52H94O12S. The summed E-state index contributed by atoms with van der Waals surface area (Å²) in [6.45, 7) is 3.96. The smallest absolute Gasteiger partial charge is 0.397 e. The number of esters is 1. The molecule has 380 valence electrons. The number of unbranched alkanes of at least 4 members (excludes halogenated alkanes) is 24. The zero-order valence-electron chi connectivity index (χ0n) is 40.8. The monoisotopic (exact) mass is 943 g/mol. The van der Waals surface area contributed by atoms with Gasteiger partial charge in [0.1, 0.15) is 30.5 Å². The summed E-state index contributed by atoms with van der Waals surface area (Å²) in [7, 11) is -5.07. The van der Waals surface area contributed by atoms with Crippen LogP contribution < -0.4 is 0 Å². The SMILES string of the molecule is CCCCCCC/C=C\C/C=C\C/C=C\CCCCCCCCCCC(=O)OC(COCCCCCCCC/C=C\CCCCCCC)COC1OC(CO)C(O)C(OS(=O)(=O)O)C1O. The Hall–Kier alpha value is -1.94. The Morgan fingerprint density at radius 1 is 0.585 bits per heavy atom. The third kappa shape index (κ3) is 36.7. The van der Waals surface area contributed by atoms with E-state index in [1.54, 1.807) is 0 Å². The van der Waals surface area contributed by atoms with Crippen LogP contribution in [0.5, 0.6) is 0 Å². The maximum Gasteiger partial charge on any atom is 0.397 e. The van der Waals surface area contributed by atoms with Crippen LogP contribution in [-0.2, 0) is 38.3 Å². The molecule has 0 spiro atoms. The largest absolute Gasteiger partial charge is 0.457 e. The van der Waals surface area contributed by atoms with Crippen LogP contribution in [-0.4, -0.2) is 97.5 Å². The first-order chi connectivity index (χ1) is 31.6. The van der Waals surface area contributed by atoms with Crippen LogP contribution in [0, 0.1) is 0 Å². The topological polar surface area (TPSA) is 178 Å². The summed E-state index contributed by atoms with van der Waals surface area (Å²) in [5, 5.41) is 30.7. The van der Waals surface area contributed by atoms with Crippen molar-refractivity contribution in [2.24, 2.45) is 0 Å². The molecule has 1 saturated heterocycles. The van der Waals surface area contributed by atoms with Gasteiger partial charge in [0, 0.05) is 13.0 Å². The second-order valence-corrected chi connectivity index (χ2v) is 18.8. The van der Waals surface area contributed by atoms with Crippen molar-refractivity contribution < 1.29 is 56.2 Å². The highest BCUT2D eigenvalue weighted by Gasteiger charge is 2.48. The molecule has 12 nitrogen and oxygen atoms in total. The molecule has 0 bridgehead atoms. The number of hydrogen-bond acceptors (Lipinski definition) is 11. The van der Waals surface area contributed by atoms with E-state index in [4.69, 9.17) is 18.9 Å². The van der Waals surface area contributed by atoms with Gasteiger partial charge in [-0.25, -0.2) is 4.18 Å². The number of allylic oxidation sites excluding steroid dienone is 8. The number of carbonyl (C=O) groups is 1. The molecule has 6 unspecified atom stereocenters. The van der Waals surface area contributed by atoms with E-state index in [1.807, 2.05) is 0 Å². The van der Waals surface area contributed by atoms with Gasteiger partial charge in [0.15, 0.2) is 6.29 Å². The van der Waals surface area contributed by atoms with Crippen LogP contribution in [0.3, 0.4) is 0 Å². The lowest BCUT2D eigenvalue weighted by molar-refractivity contribution is -0.301. The maximum absolute atomic E-state index is 12.9. The molecule has 0 aromatic rings. The first-order valence-corrected chi connectivity index (χ1v) is 27.3. The van der Waals surface area contributed by atoms with Gasteiger partial charge in [-0.3, -0.25) is 9.35 Å². The van der Waals surface area contributed by atoms with Gasteiger partial charge >= 0.3 is 16.4 Å². The fourth-order valence-corrected chi connectivity index (χ4v) is 8.24. The van der Waals surface area contributed by atoms with Crippen LogP contribution in [0.2, 0.25) is 0 Å². The Labute approximate surface area is 396 Å². The third-order valence-electron chi connectivity index (χ3n) is 11.7. The van der Waals surface area contributed by atoms with E-state index in [1.165, 1.54) is 122 Å². The van der Waals surface area contributed by atoms with Crippen LogP contribution in [0.1, 0.15) is 213 Å². The van der Waals surface area contributed by atoms with Gasteiger partial charge < -0.3 is 34.3 Å². The molecule has 65 heavy (non-hydrogen) atoms. The molecular weight excluding hydrogens is 849 g/mol. The van der Waals surface area contributed by atoms with Gasteiger partial charge in [0.25, 0.3) is 0 Å². The molecule has 4 N–H and O–H groups in total. The van der Waals surface area contributed by atoms with Crippen molar-refractivity contribution in [1.29, 1.82) is 0 Å². The molecule has 6 atom stereocenters. The predicted octanol–water partition coefficient (Wildman–Crippen LogP) is 11.9. The number of hydrogen-bond donors (Lipinski definition) is 4. The van der Waals surface area contributed by atoms with Gasteiger partial charge in [-0.1, -0.05) is 178 Å². The number of carbonyl (C=O) groups excluding carboxylic acids is 1. The van der Waals surface area contributed by atoms with Crippen molar-refractivity contribution in [2.45, 2.75) is 250 Å². The van der Waals surface area contributed by atoms with E-state index in [0.29, 0.717) is 13.0 Å². The molecule has 0 aromatic carbocycles. The standard InChI is InChI=1S/C52H94O12S/c1-3-5-7-9-11-13-15-17-19-20-21-22-23-24-25-26-27-29-31-33-35-37-39-41-48(54)62-46(45-61-52-50(56)51(64-65(57,58)59)49(55)47(43-53)63-52)44-60-42-40-38-36-34-32-30-28-18-16-14-12-10-8-6-4-2/h15-18,20-21,23-24,46-47,49-53,55-56H,3-14,19,22,25-45H2,1-2H3,(H,57,58,59)/b17-15-,18-16-,21-20-,24-23-. The van der Waals surface area contributed by atoms with E-state index in [2.05, 4.69) is 66.6 Å². The van der Waals surface area contributed by atoms with E-state index >= 15 is 0 Å². The Kier molecular flexibility index (Phi) is 40.7. The van der Waals surface area contributed by atoms with Crippen molar-refractivity contribution in [1.82, 2.24) is 0 Å². The molecule has 1 fully saturated rings. The van der Waals surface area contributed by atoms with E-state index in [9.17, 15) is 33.1 Å². The van der Waals surface area contributed by atoms with Gasteiger partial charge in [0.05, 0.1) is 19.8 Å². The van der Waals surface area contributed by atoms with E-state index < -0.39 is 59.8 Å². The summed E-state index contributed by atoms with van der Waals surface area (Å²) in [4.78, 5) is 12.9. The Morgan fingerprint density at radius 2 is 1.02 bits per heavy atom. The molecule has 1 heterocycles. The van der Waals surface area contributed by atoms with E-state index in [0.717, 1.165) is 64.2 Å². The summed E-state index contributed by atoms with van der Waals surface area (Å²) in [5.74, 6) is -0.408. The zero-order valence-corrected chi connectivity index (χ0v) is 41.6. The number of aliphatic hydroxyl groups excluding tert-OH is 3. The first-order valence-electron chi connectivity index (χ1n) is 25.9. The van der Waals surface area contributed by atoms with Crippen LogP contribution in [0.15, 0.2) is 48.6 Å². The van der Waals surface area contributed by atoms with Gasteiger partial charge in [-0.05, 0) is 77.0 Å². The lowest BCUT2D eigenvalue weighted by Gasteiger charge is -2.41. The Balaban J connectivity index is 2.36. The van der Waals surface area contributed by atoms with Crippen molar-refractivity contribution in [2.75, 3.05) is 26.4 Å². The predicted molar refractivity (Wildman–Crippen MR) is 262 cm³/mol. The quantitative estimate of drug-likeness (QED) is 0.0197. The van der Waals surface area contributed by atoms with Crippen molar-refractivity contribution in [3.63, 3.8) is 0 Å². The highest BCUT2D eigenvalue weighted by Crippen LogP contribution is 2.26. The Morgan fingerprint density at radius 3 is 1.49 bits per heavy atom. The van der Waals surface area contributed by atoms with Crippen molar-refractivity contribution in [3.05, 3.63) is 48.6 Å². The number of rotatable bonds is 45. The van der Waals surface area contributed by atoms with Crippen LogP contribution in [0.4, 0.5) is 0 Å². The van der Waals surface area contributed by atoms with Gasteiger partial charge in [-0.15, -0.1) is 0 Å². The molecule has 1 aliphatic rings. The molecule has 13 heteroatoms. The third-order valence-corrected chi connectivity index (χ3v) is 12.1. The highest BCUT2D eigenvalue weighted by atomic mass is 32.3. The zero-order chi connectivity index (χ0) is 47.5. The minimum Gasteiger partial charge on any atom is -0.457 e. The molecule has 0 saturated carbocycles. The lowest BCUT2D eigenvalue weighted by Crippen LogP contribution is -2.60. The second-order valence-electron chi connectivity index (χ2n) is 17.8. The molecule has 0 aromatic heterocycles. The summed E-state index contributed by atoms with van der Waals surface area (Å²) < 4.78 is 59.2.